The monoisotopic (exact) mass is 304 g/mol. The Morgan fingerprint density at radius 1 is 1.29 bits per heavy atom. The van der Waals surface area contributed by atoms with Crippen LogP contribution in [0.15, 0.2) is 4.52 Å². The van der Waals surface area contributed by atoms with E-state index in [1.165, 1.54) is 25.7 Å². The Labute approximate surface area is 96.5 Å². The molecule has 0 amide bonds. The summed E-state index contributed by atoms with van der Waals surface area (Å²) >= 11 is 2.26. The van der Waals surface area contributed by atoms with Gasteiger partial charge < -0.3 is 10.3 Å². The summed E-state index contributed by atoms with van der Waals surface area (Å²) in [5.41, 5.74) is 5.71. The maximum absolute atomic E-state index is 5.71. The lowest BCUT2D eigenvalue weighted by Gasteiger charge is -2.11. The van der Waals surface area contributed by atoms with Crippen LogP contribution in [0.5, 0.6) is 0 Å². The average molecular weight is 304 g/mol. The number of hydrogen-bond donors (Lipinski definition) is 1. The lowest BCUT2D eigenvalue weighted by molar-refractivity contribution is 0.333. The lowest BCUT2D eigenvalue weighted by Crippen LogP contribution is -2.04. The van der Waals surface area contributed by atoms with Crippen molar-refractivity contribution in [3.8, 4) is 0 Å². The molecule has 1 aromatic rings. The number of hydrogen-bond acceptors (Lipinski definition) is 3. The molecule has 0 atom stereocenters. The van der Waals surface area contributed by atoms with Crippen molar-refractivity contribution in [3.63, 3.8) is 0 Å². The lowest BCUT2D eigenvalue weighted by atomic mass is 9.95. The Bertz CT molecular complexity index is 343. The molecule has 76 valence electrons. The molecule has 0 spiro atoms. The molecule has 14 heavy (non-hydrogen) atoms. The molecular formula is C10H13IN2O. The Hall–Kier alpha value is -0.260. The molecule has 2 aliphatic rings. The van der Waals surface area contributed by atoms with E-state index in [1.807, 2.05) is 0 Å². The molecule has 2 N–H and O–H groups in total. The van der Waals surface area contributed by atoms with Gasteiger partial charge in [0.05, 0.1) is 3.57 Å². The zero-order valence-electron chi connectivity index (χ0n) is 7.87. The van der Waals surface area contributed by atoms with Crippen LogP contribution in [0.4, 0.5) is 5.82 Å². The number of rotatable bonds is 3. The SMILES string of the molecule is Nc1noc(C(C2CC2)C2CC2)c1I. The minimum Gasteiger partial charge on any atom is -0.380 e. The first-order valence-electron chi connectivity index (χ1n) is 5.18. The molecule has 0 radical (unpaired) electrons. The third-order valence-corrected chi connectivity index (χ3v) is 4.33. The van der Waals surface area contributed by atoms with Crippen LogP contribution in [-0.4, -0.2) is 5.16 Å². The summed E-state index contributed by atoms with van der Waals surface area (Å²) < 4.78 is 6.42. The topological polar surface area (TPSA) is 52.0 Å². The van der Waals surface area contributed by atoms with Crippen molar-refractivity contribution in [2.45, 2.75) is 31.6 Å². The molecule has 4 heteroatoms. The molecule has 2 fully saturated rings. The van der Waals surface area contributed by atoms with Gasteiger partial charge in [-0.3, -0.25) is 0 Å². The molecule has 0 aromatic carbocycles. The standard InChI is InChI=1S/C10H13IN2O/c11-8-9(14-13-10(8)12)7(5-1-2-5)6-3-4-6/h5-7H,1-4H2,(H2,12,13). The third kappa shape index (κ3) is 1.43. The van der Waals surface area contributed by atoms with E-state index >= 15 is 0 Å². The highest BCUT2D eigenvalue weighted by Crippen LogP contribution is 2.55. The summed E-state index contributed by atoms with van der Waals surface area (Å²) in [6.45, 7) is 0. The van der Waals surface area contributed by atoms with Crippen LogP contribution in [0.25, 0.3) is 0 Å². The van der Waals surface area contributed by atoms with Crippen LogP contribution in [0, 0.1) is 15.4 Å². The quantitative estimate of drug-likeness (QED) is 0.874. The van der Waals surface area contributed by atoms with Crippen molar-refractivity contribution in [2.24, 2.45) is 11.8 Å². The second-order valence-electron chi connectivity index (χ2n) is 4.45. The molecule has 2 aliphatic carbocycles. The van der Waals surface area contributed by atoms with Crippen molar-refractivity contribution in [1.29, 1.82) is 0 Å². The minimum absolute atomic E-state index is 0.562. The molecule has 1 aromatic heterocycles. The first-order chi connectivity index (χ1) is 6.77. The molecule has 1 heterocycles. The Kier molecular flexibility index (Phi) is 2.00. The molecule has 3 nitrogen and oxygen atoms in total. The maximum Gasteiger partial charge on any atom is 0.180 e. The van der Waals surface area contributed by atoms with Gasteiger partial charge in [-0.25, -0.2) is 0 Å². The highest BCUT2D eigenvalue weighted by Gasteiger charge is 2.45. The molecule has 2 saturated carbocycles. The second kappa shape index (κ2) is 3.12. The van der Waals surface area contributed by atoms with Gasteiger partial charge in [0.2, 0.25) is 0 Å². The minimum atomic E-state index is 0.562. The van der Waals surface area contributed by atoms with Crippen molar-refractivity contribution >= 4 is 28.4 Å². The van der Waals surface area contributed by atoms with Crippen molar-refractivity contribution in [2.75, 3.05) is 5.73 Å². The van der Waals surface area contributed by atoms with Gasteiger partial charge in [-0.15, -0.1) is 0 Å². The molecule has 0 aliphatic heterocycles. The van der Waals surface area contributed by atoms with Crippen LogP contribution < -0.4 is 5.73 Å². The number of nitrogens with zero attached hydrogens (tertiary/aromatic N) is 1. The largest absolute Gasteiger partial charge is 0.380 e. The molecule has 3 rings (SSSR count). The van der Waals surface area contributed by atoms with Crippen LogP contribution in [-0.2, 0) is 0 Å². The van der Waals surface area contributed by atoms with E-state index in [4.69, 9.17) is 10.3 Å². The van der Waals surface area contributed by atoms with E-state index in [-0.39, 0.29) is 0 Å². The van der Waals surface area contributed by atoms with E-state index < -0.39 is 0 Å². The molecule has 0 bridgehead atoms. The van der Waals surface area contributed by atoms with Gasteiger partial charge in [0.1, 0.15) is 0 Å². The van der Waals surface area contributed by atoms with Gasteiger partial charge in [-0.05, 0) is 60.1 Å². The number of halogens is 1. The van der Waals surface area contributed by atoms with E-state index in [0.29, 0.717) is 11.7 Å². The Morgan fingerprint density at radius 3 is 2.21 bits per heavy atom. The maximum atomic E-state index is 5.71. The highest BCUT2D eigenvalue weighted by atomic mass is 127. The summed E-state index contributed by atoms with van der Waals surface area (Å²) in [7, 11) is 0. The van der Waals surface area contributed by atoms with Crippen LogP contribution in [0.3, 0.4) is 0 Å². The number of aromatic nitrogens is 1. The van der Waals surface area contributed by atoms with Crippen LogP contribution in [0.2, 0.25) is 0 Å². The fraction of sp³-hybridized carbons (Fsp3) is 0.700. The van der Waals surface area contributed by atoms with E-state index in [9.17, 15) is 0 Å². The van der Waals surface area contributed by atoms with Gasteiger partial charge in [-0.2, -0.15) is 0 Å². The predicted molar refractivity (Wildman–Crippen MR) is 61.8 cm³/mol. The molecule has 0 unspecified atom stereocenters. The third-order valence-electron chi connectivity index (χ3n) is 3.25. The number of nitrogen functional groups attached to an aromatic ring is 1. The van der Waals surface area contributed by atoms with Gasteiger partial charge in [0, 0.05) is 5.92 Å². The van der Waals surface area contributed by atoms with Crippen molar-refractivity contribution in [1.82, 2.24) is 5.16 Å². The number of anilines is 1. The Morgan fingerprint density at radius 2 is 1.86 bits per heavy atom. The first-order valence-corrected chi connectivity index (χ1v) is 6.26. The summed E-state index contributed by atoms with van der Waals surface area (Å²) in [5.74, 6) is 3.94. The van der Waals surface area contributed by atoms with Gasteiger partial charge in [-0.1, -0.05) is 5.16 Å². The zero-order chi connectivity index (χ0) is 9.71. The average Bonchev–Trinajstić information content (AvgIpc) is 3.02. The summed E-state index contributed by atoms with van der Waals surface area (Å²) in [6.07, 6.45) is 5.44. The fourth-order valence-electron chi connectivity index (χ4n) is 2.24. The smallest absolute Gasteiger partial charge is 0.180 e. The Balaban J connectivity index is 1.93. The van der Waals surface area contributed by atoms with E-state index in [0.717, 1.165) is 21.2 Å². The van der Waals surface area contributed by atoms with Gasteiger partial charge >= 0.3 is 0 Å². The van der Waals surface area contributed by atoms with Crippen LogP contribution >= 0.6 is 22.6 Å². The second-order valence-corrected chi connectivity index (χ2v) is 5.53. The van der Waals surface area contributed by atoms with E-state index in [2.05, 4.69) is 27.7 Å². The van der Waals surface area contributed by atoms with Crippen LogP contribution in [0.1, 0.15) is 37.4 Å². The van der Waals surface area contributed by atoms with Crippen molar-refractivity contribution in [3.05, 3.63) is 9.33 Å². The summed E-state index contributed by atoms with van der Waals surface area (Å²) in [4.78, 5) is 0. The predicted octanol–water partition coefficient (Wildman–Crippen LogP) is 2.77. The van der Waals surface area contributed by atoms with Gasteiger partial charge in [0.25, 0.3) is 0 Å². The summed E-state index contributed by atoms with van der Waals surface area (Å²) in [6, 6.07) is 0. The first kappa shape index (κ1) is 9.00. The summed E-state index contributed by atoms with van der Waals surface area (Å²) in [5, 5.41) is 3.85. The van der Waals surface area contributed by atoms with Crippen molar-refractivity contribution < 1.29 is 4.52 Å². The zero-order valence-corrected chi connectivity index (χ0v) is 10.0. The molecular weight excluding hydrogens is 291 g/mol. The fourth-order valence-corrected chi connectivity index (χ4v) is 2.79. The van der Waals surface area contributed by atoms with E-state index in [1.54, 1.807) is 0 Å². The normalized spacial score (nSPS) is 21.9. The highest BCUT2D eigenvalue weighted by molar-refractivity contribution is 14.1. The molecule has 0 saturated heterocycles. The number of nitrogens with two attached hydrogens (primary N) is 1. The van der Waals surface area contributed by atoms with Gasteiger partial charge in [0.15, 0.2) is 11.6 Å².